The molecule has 0 spiro atoms. The maximum atomic E-state index is 12.8. The number of carbonyl (C=O) groups excluding carboxylic acids is 1. The number of fused-ring (bicyclic) bond motifs is 1. The van der Waals surface area contributed by atoms with Gasteiger partial charge in [-0.1, -0.05) is 12.1 Å². The molecule has 0 aliphatic heterocycles. The average molecular weight is 404 g/mol. The molecule has 3 aromatic rings. The highest BCUT2D eigenvalue weighted by Crippen LogP contribution is 2.32. The molecule has 0 fully saturated rings. The van der Waals surface area contributed by atoms with Crippen molar-refractivity contribution in [1.82, 2.24) is 20.3 Å². The number of nitrogens with zero attached hydrogens (tertiary/aromatic N) is 3. The Kier molecular flexibility index (Phi) is 5.27. The minimum absolute atomic E-state index is 0.0213. The highest BCUT2D eigenvalue weighted by molar-refractivity contribution is 5.96. The van der Waals surface area contributed by atoms with E-state index >= 15 is 0 Å². The van der Waals surface area contributed by atoms with Crippen molar-refractivity contribution in [3.8, 4) is 11.1 Å². The fraction of sp³-hybridized carbons (Fsp3) is 0.300. The number of rotatable bonds is 4. The summed E-state index contributed by atoms with van der Waals surface area (Å²) < 4.78 is 38.4. The topological polar surface area (TPSA) is 88.0 Å². The summed E-state index contributed by atoms with van der Waals surface area (Å²) in [6.07, 6.45) is -0.234. The van der Waals surface area contributed by atoms with Crippen molar-refractivity contribution >= 4 is 16.9 Å². The molecule has 29 heavy (non-hydrogen) atoms. The molecule has 0 aliphatic carbocycles. The second kappa shape index (κ2) is 7.40. The van der Waals surface area contributed by atoms with Crippen LogP contribution in [0.3, 0.4) is 0 Å². The number of carbonyl (C=O) groups is 1. The molecule has 1 amide bonds. The van der Waals surface area contributed by atoms with Crippen LogP contribution in [0.5, 0.6) is 0 Å². The minimum atomic E-state index is -4.43. The lowest BCUT2D eigenvalue weighted by Gasteiger charge is -2.26. The first-order valence-corrected chi connectivity index (χ1v) is 8.78. The first-order valence-electron chi connectivity index (χ1n) is 8.78. The van der Waals surface area contributed by atoms with Crippen LogP contribution in [0.4, 0.5) is 13.2 Å². The monoisotopic (exact) mass is 404 g/mol. The summed E-state index contributed by atoms with van der Waals surface area (Å²) in [4.78, 5) is 25.1. The Bertz CT molecular complexity index is 1040. The van der Waals surface area contributed by atoms with Gasteiger partial charge in [0.1, 0.15) is 16.7 Å². The summed E-state index contributed by atoms with van der Waals surface area (Å²) in [5, 5.41) is 12.6. The molecule has 0 saturated heterocycles. The van der Waals surface area contributed by atoms with Crippen molar-refractivity contribution in [2.75, 3.05) is 0 Å². The van der Waals surface area contributed by atoms with Crippen LogP contribution in [0.1, 0.15) is 36.8 Å². The van der Waals surface area contributed by atoms with Gasteiger partial charge in [-0.2, -0.15) is 13.2 Å². The molecule has 1 unspecified atom stereocenters. The van der Waals surface area contributed by atoms with E-state index in [2.05, 4.69) is 20.3 Å². The molecule has 152 valence electrons. The summed E-state index contributed by atoms with van der Waals surface area (Å²) in [6.45, 7) is 4.79. The van der Waals surface area contributed by atoms with Crippen molar-refractivity contribution in [3.05, 3.63) is 54.1 Å². The molecule has 0 bridgehead atoms. The van der Waals surface area contributed by atoms with Gasteiger partial charge in [0, 0.05) is 11.8 Å². The predicted octanol–water partition coefficient (Wildman–Crippen LogP) is 3.60. The van der Waals surface area contributed by atoms with Crippen molar-refractivity contribution in [3.63, 3.8) is 0 Å². The molecule has 2 N–H and O–H groups in total. The summed E-state index contributed by atoms with van der Waals surface area (Å²) in [7, 11) is 0. The number of hydrogen-bond donors (Lipinski definition) is 2. The zero-order valence-electron chi connectivity index (χ0n) is 15.9. The van der Waals surface area contributed by atoms with Gasteiger partial charge in [-0.25, -0.2) is 4.98 Å². The lowest BCUT2D eigenvalue weighted by molar-refractivity contribution is -0.137. The van der Waals surface area contributed by atoms with Gasteiger partial charge in [-0.3, -0.25) is 14.8 Å². The molecule has 2 heterocycles. The third kappa shape index (κ3) is 4.51. The van der Waals surface area contributed by atoms with Gasteiger partial charge >= 0.3 is 6.18 Å². The Morgan fingerprint density at radius 2 is 1.76 bits per heavy atom. The van der Waals surface area contributed by atoms with Gasteiger partial charge in [-0.05, 0) is 38.5 Å². The summed E-state index contributed by atoms with van der Waals surface area (Å²) >= 11 is 0. The number of alkyl halides is 3. The van der Waals surface area contributed by atoms with Gasteiger partial charge < -0.3 is 10.4 Å². The second-order valence-corrected chi connectivity index (χ2v) is 7.23. The SMILES string of the molecule is CC(NC(=O)c1cnc2cncc(-c3ccc(C(F)(F)F)cc3)c2n1)C(C)(C)O. The lowest BCUT2D eigenvalue weighted by Crippen LogP contribution is -2.47. The van der Waals surface area contributed by atoms with E-state index in [0.717, 1.165) is 12.1 Å². The number of benzene rings is 1. The second-order valence-electron chi connectivity index (χ2n) is 7.23. The molecule has 3 rings (SSSR count). The van der Waals surface area contributed by atoms with Crippen LogP contribution in [0, 0.1) is 0 Å². The number of hydrogen-bond acceptors (Lipinski definition) is 5. The smallest absolute Gasteiger partial charge is 0.388 e. The fourth-order valence-corrected chi connectivity index (χ4v) is 2.54. The number of pyridine rings is 1. The first kappa shape index (κ1) is 20.7. The van der Waals surface area contributed by atoms with Crippen LogP contribution < -0.4 is 5.32 Å². The van der Waals surface area contributed by atoms with Crippen LogP contribution >= 0.6 is 0 Å². The molecule has 0 radical (unpaired) electrons. The van der Waals surface area contributed by atoms with E-state index in [1.165, 1.54) is 30.7 Å². The van der Waals surface area contributed by atoms with E-state index in [9.17, 15) is 23.1 Å². The lowest BCUT2D eigenvalue weighted by atomic mass is 10.0. The van der Waals surface area contributed by atoms with Crippen molar-refractivity contribution < 1.29 is 23.1 Å². The summed E-state index contributed by atoms with van der Waals surface area (Å²) in [6, 6.07) is 4.06. The summed E-state index contributed by atoms with van der Waals surface area (Å²) in [5.41, 5.74) is -0.219. The van der Waals surface area contributed by atoms with Gasteiger partial charge in [0.2, 0.25) is 0 Å². The van der Waals surface area contributed by atoms with Gasteiger partial charge in [0.25, 0.3) is 5.91 Å². The standard InChI is InChI=1S/C20H19F3N4O2/c1-11(19(2,3)29)26-18(28)16-10-25-15-9-24-8-14(17(15)27-16)12-4-6-13(7-5-12)20(21,22)23/h4-11,29H,1-3H3,(H,26,28). The van der Waals surface area contributed by atoms with Crippen LogP contribution in [-0.4, -0.2) is 37.6 Å². The predicted molar refractivity (Wildman–Crippen MR) is 101 cm³/mol. The number of amides is 1. The van der Waals surface area contributed by atoms with Crippen molar-refractivity contribution in [1.29, 1.82) is 0 Å². The van der Waals surface area contributed by atoms with E-state index in [0.29, 0.717) is 22.2 Å². The Hall–Kier alpha value is -3.07. The molecule has 0 aliphatic rings. The van der Waals surface area contributed by atoms with E-state index in [-0.39, 0.29) is 5.69 Å². The number of aromatic nitrogens is 3. The number of aliphatic hydroxyl groups is 1. The molecule has 1 aromatic carbocycles. The molecule has 1 atom stereocenters. The Balaban J connectivity index is 2.00. The molecule has 0 saturated carbocycles. The van der Waals surface area contributed by atoms with Gasteiger partial charge in [0.05, 0.1) is 29.6 Å². The van der Waals surface area contributed by atoms with E-state index in [1.54, 1.807) is 20.8 Å². The fourth-order valence-electron chi connectivity index (χ4n) is 2.54. The average Bonchev–Trinajstić information content (AvgIpc) is 2.65. The largest absolute Gasteiger partial charge is 0.416 e. The van der Waals surface area contributed by atoms with Crippen LogP contribution in [0.2, 0.25) is 0 Å². The van der Waals surface area contributed by atoms with E-state index in [4.69, 9.17) is 0 Å². The highest BCUT2D eigenvalue weighted by atomic mass is 19.4. The molecule has 9 heteroatoms. The molecular formula is C20H19F3N4O2. The van der Waals surface area contributed by atoms with Crippen LogP contribution in [-0.2, 0) is 6.18 Å². The van der Waals surface area contributed by atoms with Gasteiger partial charge in [-0.15, -0.1) is 0 Å². The van der Waals surface area contributed by atoms with E-state index in [1.807, 2.05) is 0 Å². The summed E-state index contributed by atoms with van der Waals surface area (Å²) in [5.74, 6) is -0.524. The molecular weight excluding hydrogens is 385 g/mol. The van der Waals surface area contributed by atoms with Crippen molar-refractivity contribution in [2.24, 2.45) is 0 Å². The molecule has 2 aromatic heterocycles. The zero-order chi connectivity index (χ0) is 21.4. The maximum Gasteiger partial charge on any atom is 0.416 e. The normalized spacial score (nSPS) is 13.3. The van der Waals surface area contributed by atoms with E-state index < -0.39 is 29.3 Å². The third-order valence-corrected chi connectivity index (χ3v) is 4.62. The number of nitrogens with one attached hydrogen (secondary N) is 1. The third-order valence-electron chi connectivity index (χ3n) is 4.62. The minimum Gasteiger partial charge on any atom is -0.388 e. The van der Waals surface area contributed by atoms with Crippen LogP contribution in [0.25, 0.3) is 22.2 Å². The first-order chi connectivity index (χ1) is 13.5. The van der Waals surface area contributed by atoms with Crippen molar-refractivity contribution in [2.45, 2.75) is 38.6 Å². The van der Waals surface area contributed by atoms with Crippen LogP contribution in [0.15, 0.2) is 42.9 Å². The quantitative estimate of drug-likeness (QED) is 0.694. The molecule has 6 nitrogen and oxygen atoms in total. The number of halogens is 3. The Morgan fingerprint density at radius 1 is 1.10 bits per heavy atom. The van der Waals surface area contributed by atoms with Gasteiger partial charge in [0.15, 0.2) is 0 Å². The highest BCUT2D eigenvalue weighted by Gasteiger charge is 2.30. The Labute approximate surface area is 164 Å². The Morgan fingerprint density at radius 3 is 2.34 bits per heavy atom. The zero-order valence-corrected chi connectivity index (χ0v) is 15.9. The maximum absolute atomic E-state index is 12.8.